The molecule has 1 heterocycles. The molecule has 0 atom stereocenters. The highest BCUT2D eigenvalue weighted by Gasteiger charge is 2.07. The zero-order chi connectivity index (χ0) is 10.1. The molecule has 1 aromatic carbocycles. The van der Waals surface area contributed by atoms with Gasteiger partial charge in [0.15, 0.2) is 0 Å². The molecule has 0 unspecified atom stereocenters. The smallest absolute Gasteiger partial charge is 0.0648 e. The topological polar surface area (TPSA) is 17.8 Å². The Hall–Kier alpha value is -1.57. The van der Waals surface area contributed by atoms with Crippen LogP contribution in [0.5, 0.6) is 0 Å². The van der Waals surface area contributed by atoms with E-state index in [4.69, 9.17) is 0 Å². The maximum atomic E-state index is 4.50. The Bertz CT molecular complexity index is 441. The van der Waals surface area contributed by atoms with Gasteiger partial charge in [-0.3, -0.25) is 0 Å². The molecule has 0 aliphatic rings. The van der Waals surface area contributed by atoms with E-state index in [1.165, 1.54) is 11.3 Å². The molecule has 96 valence electrons. The number of hydrogen-bond acceptors (Lipinski definition) is 1. The van der Waals surface area contributed by atoms with E-state index in [1.54, 1.807) is 0 Å². The maximum Gasteiger partial charge on any atom is 0.0648 e. The van der Waals surface area contributed by atoms with Crippen molar-refractivity contribution in [3.05, 3.63) is 47.3 Å². The van der Waals surface area contributed by atoms with E-state index in [1.807, 2.05) is 29.8 Å². The molecule has 0 bridgehead atoms. The van der Waals surface area contributed by atoms with E-state index in [0.29, 0.717) is 0 Å². The van der Waals surface area contributed by atoms with E-state index in [0.717, 1.165) is 11.4 Å². The summed E-state index contributed by atoms with van der Waals surface area (Å²) < 4.78 is 1.99. The van der Waals surface area contributed by atoms with Gasteiger partial charge < -0.3 is 0 Å². The molecule has 2 rings (SSSR count). The summed E-state index contributed by atoms with van der Waals surface area (Å²) in [6.45, 7) is 6.25. The van der Waals surface area contributed by atoms with Crippen molar-refractivity contribution in [2.24, 2.45) is 0 Å². The maximum absolute atomic E-state index is 4.50. The summed E-state index contributed by atoms with van der Waals surface area (Å²) in [5, 5.41) is 4.50. The van der Waals surface area contributed by atoms with Crippen LogP contribution in [-0.2, 0) is 0 Å². The zero-order valence-corrected chi connectivity index (χ0v) is 8.78. The first-order chi connectivity index (χ1) is 6.70. The predicted octanol–water partition coefficient (Wildman–Crippen LogP) is 4.71. The van der Waals surface area contributed by atoms with Gasteiger partial charge in [0.05, 0.1) is 11.4 Å². The molecule has 2 aromatic rings. The molecule has 2 nitrogen and oxygen atoms in total. The number of benzene rings is 1. The molecule has 0 radical (unpaired) electrons. The second kappa shape index (κ2) is 6.89. The van der Waals surface area contributed by atoms with Crippen LogP contribution in [0.3, 0.4) is 0 Å². The van der Waals surface area contributed by atoms with Gasteiger partial charge in [-0.05, 0) is 38.5 Å². The second-order valence-corrected chi connectivity index (χ2v) is 3.54. The van der Waals surface area contributed by atoms with E-state index in [9.17, 15) is 0 Å². The number of hydrogen-bond donors (Lipinski definition) is 0. The predicted molar refractivity (Wildman–Crippen MR) is 78.0 cm³/mol. The van der Waals surface area contributed by atoms with Crippen molar-refractivity contribution in [1.29, 1.82) is 0 Å². The molecular weight excluding hydrogens is 208 g/mol. The minimum Gasteiger partial charge on any atom is -0.238 e. The van der Waals surface area contributed by atoms with Crippen molar-refractivity contribution in [3.8, 4) is 5.69 Å². The zero-order valence-electron chi connectivity index (χ0n) is 8.78. The molecule has 1 aromatic heterocycles. The first-order valence-corrected chi connectivity index (χ1v) is 4.78. The molecule has 0 saturated heterocycles. The van der Waals surface area contributed by atoms with E-state index in [2.05, 4.69) is 31.1 Å². The van der Waals surface area contributed by atoms with Crippen LogP contribution < -0.4 is 0 Å². The number of nitrogens with zero attached hydrogens (tertiary/aromatic N) is 2. The van der Waals surface area contributed by atoms with Crippen LogP contribution in [0.2, 0.25) is 0 Å². The number of aryl methyl sites for hydroxylation is 1. The molecule has 0 spiro atoms. The summed E-state index contributed by atoms with van der Waals surface area (Å²) in [5.41, 5.74) is 4.72. The van der Waals surface area contributed by atoms with E-state index >= 15 is 0 Å². The van der Waals surface area contributed by atoms with Gasteiger partial charge in [0, 0.05) is 5.69 Å². The minimum absolute atomic E-state index is 0. The van der Waals surface area contributed by atoms with Crippen LogP contribution in [0.1, 0.15) is 39.2 Å². The Labute approximate surface area is 106 Å². The lowest BCUT2D eigenvalue weighted by molar-refractivity contribution is 0.833. The Morgan fingerprint density at radius 3 is 1.82 bits per heavy atom. The Kier molecular flexibility index (Phi) is 7.22. The molecule has 0 saturated carbocycles. The Balaban J connectivity index is 0. The summed E-state index contributed by atoms with van der Waals surface area (Å²) in [6, 6.07) is 10.2. The summed E-state index contributed by atoms with van der Waals surface area (Å²) in [7, 11) is 0. The second-order valence-electron chi connectivity index (χ2n) is 3.54. The SMILES string of the molecule is C.C.C.Cc1nn(-c2ccccc2)c(C)c1C. The summed E-state index contributed by atoms with van der Waals surface area (Å²) >= 11 is 0. The van der Waals surface area contributed by atoms with Gasteiger partial charge in [-0.25, -0.2) is 4.68 Å². The molecule has 0 aliphatic carbocycles. The molecule has 2 heteroatoms. The first kappa shape index (κ1) is 17.8. The third-order valence-corrected chi connectivity index (χ3v) is 2.65. The Morgan fingerprint density at radius 1 is 0.882 bits per heavy atom. The van der Waals surface area contributed by atoms with Crippen LogP contribution >= 0.6 is 0 Å². The van der Waals surface area contributed by atoms with Crippen molar-refractivity contribution >= 4 is 0 Å². The van der Waals surface area contributed by atoms with Crippen LogP contribution in [0.15, 0.2) is 30.3 Å². The van der Waals surface area contributed by atoms with Gasteiger partial charge in [-0.2, -0.15) is 5.10 Å². The minimum atomic E-state index is 0. The fourth-order valence-corrected chi connectivity index (χ4v) is 1.54. The van der Waals surface area contributed by atoms with Gasteiger partial charge in [-0.1, -0.05) is 40.5 Å². The lowest BCUT2D eigenvalue weighted by Crippen LogP contribution is -1.98. The van der Waals surface area contributed by atoms with Crippen molar-refractivity contribution < 1.29 is 0 Å². The normalized spacial score (nSPS) is 8.65. The Morgan fingerprint density at radius 2 is 1.41 bits per heavy atom. The van der Waals surface area contributed by atoms with Crippen LogP contribution in [0.4, 0.5) is 0 Å². The third-order valence-electron chi connectivity index (χ3n) is 2.65. The van der Waals surface area contributed by atoms with E-state index in [-0.39, 0.29) is 22.3 Å². The summed E-state index contributed by atoms with van der Waals surface area (Å²) in [6.07, 6.45) is 0. The summed E-state index contributed by atoms with van der Waals surface area (Å²) in [5.74, 6) is 0. The van der Waals surface area contributed by atoms with Gasteiger partial charge >= 0.3 is 0 Å². The quantitative estimate of drug-likeness (QED) is 0.699. The largest absolute Gasteiger partial charge is 0.238 e. The number of aromatic nitrogens is 2. The highest BCUT2D eigenvalue weighted by molar-refractivity contribution is 5.36. The van der Waals surface area contributed by atoms with Gasteiger partial charge in [0.25, 0.3) is 0 Å². The third kappa shape index (κ3) is 3.19. The van der Waals surface area contributed by atoms with Crippen LogP contribution in [0.25, 0.3) is 5.69 Å². The standard InChI is InChI=1S/C12H14N2.3CH4/c1-9-10(2)13-14(11(9)3)12-7-5-4-6-8-12;;;/h4-8H,1-3H3;3*1H4. The van der Waals surface area contributed by atoms with Gasteiger partial charge in [-0.15, -0.1) is 0 Å². The fourth-order valence-electron chi connectivity index (χ4n) is 1.54. The number of rotatable bonds is 1. The molecule has 0 amide bonds. The number of para-hydroxylation sites is 1. The average molecular weight is 234 g/mol. The summed E-state index contributed by atoms with van der Waals surface area (Å²) in [4.78, 5) is 0. The highest BCUT2D eigenvalue weighted by atomic mass is 15.3. The lowest BCUT2D eigenvalue weighted by Gasteiger charge is -2.03. The van der Waals surface area contributed by atoms with Crippen LogP contribution in [0, 0.1) is 20.8 Å². The van der Waals surface area contributed by atoms with Crippen molar-refractivity contribution in [2.75, 3.05) is 0 Å². The molecule has 0 N–H and O–H groups in total. The molecular formula is C15H26N2. The van der Waals surface area contributed by atoms with Gasteiger partial charge in [0.1, 0.15) is 0 Å². The molecule has 17 heavy (non-hydrogen) atoms. The van der Waals surface area contributed by atoms with E-state index < -0.39 is 0 Å². The fraction of sp³-hybridized carbons (Fsp3) is 0.400. The van der Waals surface area contributed by atoms with Gasteiger partial charge in [0.2, 0.25) is 0 Å². The van der Waals surface area contributed by atoms with Crippen molar-refractivity contribution in [2.45, 2.75) is 43.1 Å². The monoisotopic (exact) mass is 234 g/mol. The molecule has 0 aliphatic heterocycles. The first-order valence-electron chi connectivity index (χ1n) is 4.78. The van der Waals surface area contributed by atoms with Crippen LogP contribution in [-0.4, -0.2) is 9.78 Å². The lowest BCUT2D eigenvalue weighted by atomic mass is 10.2. The molecule has 0 fully saturated rings. The van der Waals surface area contributed by atoms with Crippen molar-refractivity contribution in [3.63, 3.8) is 0 Å². The average Bonchev–Trinajstić information content (AvgIpc) is 2.47. The van der Waals surface area contributed by atoms with Crippen molar-refractivity contribution in [1.82, 2.24) is 9.78 Å². The highest BCUT2D eigenvalue weighted by Crippen LogP contribution is 2.15.